The summed E-state index contributed by atoms with van der Waals surface area (Å²) in [4.78, 5) is 39.5. The molecule has 0 fully saturated rings. The van der Waals surface area contributed by atoms with Crippen molar-refractivity contribution < 1.29 is 19.8 Å². The van der Waals surface area contributed by atoms with Crippen molar-refractivity contribution in [3.05, 3.63) is 52.6 Å². The maximum absolute atomic E-state index is 10.9. The number of hydrogen-bond acceptors (Lipinski definition) is 9. The molecule has 14 heteroatoms. The maximum Gasteiger partial charge on any atom is 0.308 e. The van der Waals surface area contributed by atoms with E-state index >= 15 is 0 Å². The van der Waals surface area contributed by atoms with Gasteiger partial charge < -0.3 is 0 Å². The second-order valence-corrected chi connectivity index (χ2v) is 3.50. The Labute approximate surface area is 114 Å². The first kappa shape index (κ1) is 15.5. The van der Waals surface area contributed by atoms with Crippen molar-refractivity contribution in [2.75, 3.05) is 12.5 Å². The Bertz CT molecular complexity index is 609. The second kappa shape index (κ2) is 5.59. The van der Waals surface area contributed by atoms with E-state index in [1.54, 1.807) is 0 Å². The SMILES string of the molecule is CN(Nc1c([N+](=O)[O-])cc([N+](=O)[O-])cc1[N+](=O)[O-])[N+](=O)[O-]. The van der Waals surface area contributed by atoms with Gasteiger partial charge in [0.1, 0.15) is 0 Å². The summed E-state index contributed by atoms with van der Waals surface area (Å²) in [6.45, 7) is 0. The highest BCUT2D eigenvalue weighted by Gasteiger charge is 2.32. The summed E-state index contributed by atoms with van der Waals surface area (Å²) in [6, 6.07) is 0.923. The Balaban J connectivity index is 3.57. The van der Waals surface area contributed by atoms with Crippen molar-refractivity contribution in [1.29, 1.82) is 0 Å². The van der Waals surface area contributed by atoms with Crippen LogP contribution in [0.1, 0.15) is 0 Å². The zero-order valence-electron chi connectivity index (χ0n) is 10.2. The third-order valence-corrected chi connectivity index (χ3v) is 2.20. The average Bonchev–Trinajstić information content (AvgIpc) is 2.37. The average molecular weight is 302 g/mol. The fourth-order valence-electron chi connectivity index (χ4n) is 1.31. The van der Waals surface area contributed by atoms with Gasteiger partial charge in [-0.25, -0.2) is 15.5 Å². The zero-order valence-corrected chi connectivity index (χ0v) is 10.2. The van der Waals surface area contributed by atoms with Crippen LogP contribution >= 0.6 is 0 Å². The third kappa shape index (κ3) is 3.25. The minimum Gasteiger partial charge on any atom is -0.258 e. The number of nitro groups is 4. The molecule has 1 N–H and O–H groups in total. The molecule has 0 bridgehead atoms. The van der Waals surface area contributed by atoms with Gasteiger partial charge in [0.15, 0.2) is 5.03 Å². The van der Waals surface area contributed by atoms with Crippen LogP contribution in [-0.4, -0.2) is 32.0 Å². The summed E-state index contributed by atoms with van der Waals surface area (Å²) >= 11 is 0. The molecule has 0 heterocycles. The molecule has 0 spiro atoms. The van der Waals surface area contributed by atoms with Crippen molar-refractivity contribution >= 4 is 22.7 Å². The maximum atomic E-state index is 10.9. The molecular weight excluding hydrogens is 296 g/mol. The molecule has 0 radical (unpaired) electrons. The van der Waals surface area contributed by atoms with E-state index in [9.17, 15) is 40.5 Å². The van der Waals surface area contributed by atoms with Crippen molar-refractivity contribution in [3.8, 4) is 0 Å². The number of anilines is 1. The van der Waals surface area contributed by atoms with Gasteiger partial charge in [-0.2, -0.15) is 0 Å². The summed E-state index contributed by atoms with van der Waals surface area (Å²) < 4.78 is 0. The predicted molar refractivity (Wildman–Crippen MR) is 64.8 cm³/mol. The Kier molecular flexibility index (Phi) is 4.12. The van der Waals surface area contributed by atoms with E-state index in [-0.39, 0.29) is 5.12 Å². The topological polar surface area (TPSA) is 188 Å². The zero-order chi connectivity index (χ0) is 16.3. The third-order valence-electron chi connectivity index (χ3n) is 2.20. The quantitative estimate of drug-likeness (QED) is 0.582. The van der Waals surface area contributed by atoms with Crippen LogP contribution in [-0.2, 0) is 0 Å². The molecule has 0 atom stereocenters. The molecular formula is C7H6N6O8. The van der Waals surface area contributed by atoms with E-state index in [4.69, 9.17) is 0 Å². The van der Waals surface area contributed by atoms with Crippen LogP contribution in [0.3, 0.4) is 0 Å². The fraction of sp³-hybridized carbons (Fsp3) is 0.143. The number of rotatable bonds is 6. The highest BCUT2D eigenvalue weighted by molar-refractivity contribution is 5.76. The Morgan fingerprint density at radius 1 is 0.905 bits per heavy atom. The first-order valence-electron chi connectivity index (χ1n) is 4.91. The number of benzene rings is 1. The number of nitrogens with zero attached hydrogens (tertiary/aromatic N) is 5. The lowest BCUT2D eigenvalue weighted by atomic mass is 10.2. The summed E-state index contributed by atoms with van der Waals surface area (Å²) in [5.41, 5.74) is -1.96. The lowest BCUT2D eigenvalue weighted by Crippen LogP contribution is -2.31. The van der Waals surface area contributed by atoms with Gasteiger partial charge >= 0.3 is 11.4 Å². The summed E-state index contributed by atoms with van der Waals surface area (Å²) in [5, 5.41) is 41.9. The molecule has 0 saturated carbocycles. The standard InChI is InChI=1S/C7H6N6O8/c1-9(13(20)21)8-7-5(11(16)17)2-4(10(14)15)3-6(7)12(18)19/h2-3,8H,1H3. The second-order valence-electron chi connectivity index (χ2n) is 3.50. The highest BCUT2D eigenvalue weighted by Crippen LogP contribution is 2.38. The molecule has 112 valence electrons. The predicted octanol–water partition coefficient (Wildman–Crippen LogP) is 0.862. The van der Waals surface area contributed by atoms with Gasteiger partial charge in [-0.15, -0.1) is 0 Å². The van der Waals surface area contributed by atoms with Gasteiger partial charge in [-0.1, -0.05) is 0 Å². The van der Waals surface area contributed by atoms with Gasteiger partial charge in [0.05, 0.1) is 34.0 Å². The summed E-state index contributed by atoms with van der Waals surface area (Å²) in [7, 11) is 0.842. The van der Waals surface area contributed by atoms with Gasteiger partial charge in [-0.05, 0) is 5.12 Å². The normalized spacial score (nSPS) is 9.76. The summed E-state index contributed by atoms with van der Waals surface area (Å²) in [6.07, 6.45) is 0. The van der Waals surface area contributed by atoms with E-state index < -0.39 is 42.6 Å². The Morgan fingerprint density at radius 2 is 1.33 bits per heavy atom. The lowest BCUT2D eigenvalue weighted by molar-refractivity contribution is -0.641. The van der Waals surface area contributed by atoms with Gasteiger partial charge in [0.25, 0.3) is 5.69 Å². The molecule has 0 aliphatic rings. The molecule has 0 aliphatic heterocycles. The molecule has 14 nitrogen and oxygen atoms in total. The van der Waals surface area contributed by atoms with E-state index in [2.05, 4.69) is 0 Å². The molecule has 1 aromatic carbocycles. The minimum absolute atomic E-state index is 0.140. The Hall–Kier alpha value is -3.58. The molecule has 0 unspecified atom stereocenters. The molecule has 1 rings (SSSR count). The van der Waals surface area contributed by atoms with Crippen LogP contribution in [0.5, 0.6) is 0 Å². The monoisotopic (exact) mass is 302 g/mol. The van der Waals surface area contributed by atoms with Crippen molar-refractivity contribution in [1.82, 2.24) is 5.12 Å². The van der Waals surface area contributed by atoms with Crippen LogP contribution in [0, 0.1) is 40.5 Å². The van der Waals surface area contributed by atoms with Crippen molar-refractivity contribution in [2.24, 2.45) is 0 Å². The molecule has 0 aromatic heterocycles. The first-order valence-corrected chi connectivity index (χ1v) is 4.91. The number of nitrogens with one attached hydrogen (secondary N) is 1. The first-order chi connectivity index (χ1) is 9.65. The van der Waals surface area contributed by atoms with E-state index in [0.29, 0.717) is 12.1 Å². The van der Waals surface area contributed by atoms with E-state index in [1.807, 2.05) is 5.43 Å². The number of hydrazine groups is 2. The minimum atomic E-state index is -1.13. The molecule has 0 amide bonds. The van der Waals surface area contributed by atoms with Crippen LogP contribution in [0.15, 0.2) is 12.1 Å². The summed E-state index contributed by atoms with van der Waals surface area (Å²) in [5.74, 6) is 0. The smallest absolute Gasteiger partial charge is 0.258 e. The van der Waals surface area contributed by atoms with Crippen molar-refractivity contribution in [2.45, 2.75) is 0 Å². The van der Waals surface area contributed by atoms with Crippen LogP contribution in [0.4, 0.5) is 22.7 Å². The molecule has 21 heavy (non-hydrogen) atoms. The molecule has 0 saturated heterocycles. The highest BCUT2D eigenvalue weighted by atomic mass is 16.7. The van der Waals surface area contributed by atoms with E-state index in [0.717, 1.165) is 7.05 Å². The van der Waals surface area contributed by atoms with Crippen LogP contribution < -0.4 is 5.43 Å². The number of non-ortho nitro benzene ring substituents is 1. The van der Waals surface area contributed by atoms with Gasteiger partial charge in [0, 0.05) is 0 Å². The van der Waals surface area contributed by atoms with Crippen molar-refractivity contribution in [3.63, 3.8) is 0 Å². The van der Waals surface area contributed by atoms with E-state index in [1.165, 1.54) is 0 Å². The number of hydrogen-bond donors (Lipinski definition) is 1. The molecule has 1 aromatic rings. The Morgan fingerprint density at radius 3 is 1.62 bits per heavy atom. The van der Waals surface area contributed by atoms with Gasteiger partial charge in [-0.3, -0.25) is 30.3 Å². The van der Waals surface area contributed by atoms with Crippen LogP contribution in [0.25, 0.3) is 0 Å². The fourth-order valence-corrected chi connectivity index (χ4v) is 1.31. The molecule has 0 aliphatic carbocycles. The van der Waals surface area contributed by atoms with Crippen LogP contribution in [0.2, 0.25) is 0 Å². The number of nitro benzene ring substituents is 3. The van der Waals surface area contributed by atoms with Gasteiger partial charge in [0.2, 0.25) is 5.69 Å². The largest absolute Gasteiger partial charge is 0.308 e. The lowest BCUT2D eigenvalue weighted by Gasteiger charge is -2.11.